The molecule has 0 saturated carbocycles. The van der Waals surface area contributed by atoms with E-state index in [9.17, 15) is 39.2 Å². The minimum absolute atomic E-state index is 0.136. The van der Waals surface area contributed by atoms with Gasteiger partial charge in [0.2, 0.25) is 11.8 Å². The zero-order chi connectivity index (χ0) is 40.1. The van der Waals surface area contributed by atoms with Gasteiger partial charge in [-0.25, -0.2) is 9.78 Å². The van der Waals surface area contributed by atoms with Crippen molar-refractivity contribution in [1.29, 1.82) is 0 Å². The Morgan fingerprint density at radius 1 is 0.964 bits per heavy atom. The fraction of sp³-hybridized carbons (Fsp3) is 0.297. The van der Waals surface area contributed by atoms with Crippen molar-refractivity contribution in [2.75, 3.05) is 25.0 Å². The van der Waals surface area contributed by atoms with Crippen LogP contribution in [-0.4, -0.2) is 86.0 Å². The topological polar surface area (TPSA) is 215 Å². The molecule has 4 N–H and O–H groups in total. The highest BCUT2D eigenvalue weighted by molar-refractivity contribution is 5.89. The van der Waals surface area contributed by atoms with Crippen molar-refractivity contribution in [3.63, 3.8) is 0 Å². The predicted molar refractivity (Wildman–Crippen MR) is 195 cm³/mol. The maximum atomic E-state index is 15.5. The van der Waals surface area contributed by atoms with Crippen molar-refractivity contribution >= 4 is 35.2 Å². The number of ether oxygens (including phenoxy) is 1. The summed E-state index contributed by atoms with van der Waals surface area (Å²) in [5.74, 6) is -8.37. The molecule has 0 aliphatic rings. The number of aliphatic hydroxyl groups excluding tert-OH is 1. The van der Waals surface area contributed by atoms with Crippen LogP contribution in [0.15, 0.2) is 95.9 Å². The number of aromatic nitrogens is 2. The molecule has 4 aromatic rings. The largest absolute Gasteiger partial charge is 0.444 e. The van der Waals surface area contributed by atoms with Crippen molar-refractivity contribution in [2.45, 2.75) is 51.5 Å². The molecule has 0 spiro atoms. The summed E-state index contributed by atoms with van der Waals surface area (Å²) in [4.78, 5) is 81.1. The number of nitrogens with one attached hydrogen (secondary N) is 3. The van der Waals surface area contributed by atoms with E-state index in [1.807, 2.05) is 5.32 Å². The van der Waals surface area contributed by atoms with Crippen molar-refractivity contribution < 1.29 is 42.7 Å². The second-order valence-corrected chi connectivity index (χ2v) is 12.1. The van der Waals surface area contributed by atoms with Crippen LogP contribution in [0, 0.1) is 10.1 Å². The van der Waals surface area contributed by atoms with Crippen LogP contribution in [0.3, 0.4) is 0 Å². The number of nitro benzene ring substituents is 1. The lowest BCUT2D eigenvalue weighted by atomic mass is 9.96. The van der Waals surface area contributed by atoms with E-state index in [0.717, 1.165) is 22.9 Å². The highest BCUT2D eigenvalue weighted by Gasteiger charge is 2.50. The first kappa shape index (κ1) is 41.2. The lowest BCUT2D eigenvalue weighted by Gasteiger charge is -2.30. The van der Waals surface area contributed by atoms with Crippen LogP contribution < -0.4 is 21.5 Å². The molecular formula is C37H39F2N7O9. The van der Waals surface area contributed by atoms with Gasteiger partial charge in [-0.15, -0.1) is 0 Å². The van der Waals surface area contributed by atoms with E-state index >= 15 is 8.78 Å². The van der Waals surface area contributed by atoms with E-state index in [2.05, 4.69) is 15.6 Å². The van der Waals surface area contributed by atoms with Crippen LogP contribution in [-0.2, 0) is 38.7 Å². The molecule has 0 aliphatic heterocycles. The van der Waals surface area contributed by atoms with Crippen LogP contribution in [0.4, 0.5) is 25.0 Å². The van der Waals surface area contributed by atoms with Crippen molar-refractivity contribution in [3.05, 3.63) is 123 Å². The third kappa shape index (κ3) is 11.0. The average Bonchev–Trinajstić information content (AvgIpc) is 3.18. The summed E-state index contributed by atoms with van der Waals surface area (Å²) in [6, 6.07) is 19.5. The molecular weight excluding hydrogens is 724 g/mol. The fourth-order valence-electron chi connectivity index (χ4n) is 5.41. The summed E-state index contributed by atoms with van der Waals surface area (Å²) < 4.78 is 37.0. The Morgan fingerprint density at radius 2 is 1.56 bits per heavy atom. The molecule has 16 nitrogen and oxygen atoms in total. The third-order valence-corrected chi connectivity index (χ3v) is 8.35. The van der Waals surface area contributed by atoms with Gasteiger partial charge in [-0.3, -0.25) is 39.2 Å². The predicted octanol–water partition coefficient (Wildman–Crippen LogP) is 3.28. The lowest BCUT2D eigenvalue weighted by Crippen LogP contribution is -2.59. The molecule has 4 rings (SSSR count). The summed E-state index contributed by atoms with van der Waals surface area (Å²) in [6.45, 7) is 2.08. The number of hydrogen-bond donors (Lipinski definition) is 4. The summed E-state index contributed by atoms with van der Waals surface area (Å²) in [5.41, 5.74) is -0.517. The Kier molecular flexibility index (Phi) is 14.2. The van der Waals surface area contributed by atoms with Gasteiger partial charge in [-0.05, 0) is 43.5 Å². The molecule has 3 aromatic carbocycles. The number of non-ortho nitro benzene ring substituents is 1. The Bertz CT molecular complexity index is 2030. The molecule has 1 aromatic heterocycles. The molecule has 55 heavy (non-hydrogen) atoms. The molecule has 0 radical (unpaired) electrons. The first-order valence-corrected chi connectivity index (χ1v) is 17.0. The molecule has 4 amide bonds. The number of nitrogens with zero attached hydrogens (tertiary/aromatic N) is 4. The van der Waals surface area contributed by atoms with E-state index < -0.39 is 77.6 Å². The molecule has 0 saturated heterocycles. The number of likely N-dealkylation sites (N-methyl/N-ethyl adjacent to an activating group) is 1. The average molecular weight is 764 g/mol. The summed E-state index contributed by atoms with van der Waals surface area (Å²) >= 11 is 0. The number of carbonyl (C=O) groups excluding carboxylic acids is 4. The van der Waals surface area contributed by atoms with Crippen molar-refractivity contribution in [2.24, 2.45) is 0 Å². The Labute approximate surface area is 313 Å². The zero-order valence-corrected chi connectivity index (χ0v) is 29.8. The Hall–Kier alpha value is -6.56. The Morgan fingerprint density at radius 3 is 2.15 bits per heavy atom. The van der Waals surface area contributed by atoms with Gasteiger partial charge >= 0.3 is 12.0 Å². The summed E-state index contributed by atoms with van der Waals surface area (Å²) in [7, 11) is 0. The number of rotatable bonds is 17. The Balaban J connectivity index is 1.62. The smallest absolute Gasteiger partial charge is 0.412 e. The van der Waals surface area contributed by atoms with Crippen LogP contribution in [0.1, 0.15) is 25.0 Å². The quantitative estimate of drug-likeness (QED) is 0.0910. The standard InChI is InChI=1S/C37H39F2N7O9/c1-3-44(4-2)31(48)21-41-35(51)37(38,39)32(49)28(19-24-11-7-5-8-12-24)42-30(47)22-45-33(26-15-17-27(18-16-26)46(53)54)40-20-29(34(45)50)43-36(52)55-23-25-13-9-6-10-14-25/h5-18,20,28,32,49H,3-4,19,21-23H2,1-2H3,(H,41,51)(H,42,47)(H,43,52). The van der Waals surface area contributed by atoms with E-state index in [1.165, 1.54) is 17.0 Å². The van der Waals surface area contributed by atoms with Gasteiger partial charge in [0.1, 0.15) is 30.8 Å². The molecule has 2 unspecified atom stereocenters. The van der Waals surface area contributed by atoms with Crippen molar-refractivity contribution in [1.82, 2.24) is 25.1 Å². The van der Waals surface area contributed by atoms with Gasteiger partial charge in [-0.2, -0.15) is 8.78 Å². The van der Waals surface area contributed by atoms with Gasteiger partial charge < -0.3 is 25.4 Å². The summed E-state index contributed by atoms with van der Waals surface area (Å²) in [5, 5.41) is 28.6. The monoisotopic (exact) mass is 763 g/mol. The molecule has 2 atom stereocenters. The first-order valence-electron chi connectivity index (χ1n) is 17.0. The van der Waals surface area contributed by atoms with Gasteiger partial charge in [0.25, 0.3) is 17.2 Å². The second kappa shape index (κ2) is 19.0. The number of halogens is 2. The molecule has 290 valence electrons. The maximum Gasteiger partial charge on any atom is 0.412 e. The van der Waals surface area contributed by atoms with E-state index in [1.54, 1.807) is 74.5 Å². The van der Waals surface area contributed by atoms with Crippen LogP contribution >= 0.6 is 0 Å². The number of hydrogen-bond acceptors (Lipinski definition) is 10. The number of aliphatic hydroxyl groups is 1. The van der Waals surface area contributed by atoms with Crippen LogP contribution in [0.2, 0.25) is 0 Å². The number of anilines is 1. The van der Waals surface area contributed by atoms with Crippen LogP contribution in [0.25, 0.3) is 11.4 Å². The van der Waals surface area contributed by atoms with Gasteiger partial charge in [0.05, 0.1) is 23.7 Å². The highest BCUT2D eigenvalue weighted by Crippen LogP contribution is 2.25. The number of carbonyl (C=O) groups is 4. The number of benzene rings is 3. The van der Waals surface area contributed by atoms with E-state index in [4.69, 9.17) is 4.74 Å². The molecule has 18 heteroatoms. The number of amides is 4. The van der Waals surface area contributed by atoms with E-state index in [0.29, 0.717) is 11.1 Å². The normalized spacial score (nSPS) is 12.2. The highest BCUT2D eigenvalue weighted by atomic mass is 19.3. The number of nitro groups is 1. The van der Waals surface area contributed by atoms with Gasteiger partial charge in [0.15, 0.2) is 0 Å². The van der Waals surface area contributed by atoms with Gasteiger partial charge in [-0.1, -0.05) is 60.7 Å². The number of alkyl halides is 2. The molecule has 0 aliphatic carbocycles. The van der Waals surface area contributed by atoms with E-state index in [-0.39, 0.29) is 36.8 Å². The second-order valence-electron chi connectivity index (χ2n) is 12.1. The maximum absolute atomic E-state index is 15.5. The molecule has 0 bridgehead atoms. The SMILES string of the molecule is CCN(CC)C(=O)CNC(=O)C(F)(F)C(O)C(Cc1ccccc1)NC(=O)Cn1c(-c2ccc([N+](=O)[O-])cc2)ncc(NC(=O)OCc2ccccc2)c1=O. The minimum Gasteiger partial charge on any atom is -0.444 e. The fourth-order valence-corrected chi connectivity index (χ4v) is 5.41. The first-order chi connectivity index (χ1) is 26.2. The zero-order valence-electron chi connectivity index (χ0n) is 29.8. The summed E-state index contributed by atoms with van der Waals surface area (Å²) in [6.07, 6.45) is -3.26. The van der Waals surface area contributed by atoms with Gasteiger partial charge in [0, 0.05) is 30.8 Å². The molecule has 0 fully saturated rings. The molecule has 1 heterocycles. The lowest BCUT2D eigenvalue weighted by molar-refractivity contribution is -0.384. The third-order valence-electron chi connectivity index (χ3n) is 8.35. The van der Waals surface area contributed by atoms with Crippen LogP contribution in [0.5, 0.6) is 0 Å². The minimum atomic E-state index is -4.51. The van der Waals surface area contributed by atoms with Crippen molar-refractivity contribution in [3.8, 4) is 11.4 Å².